The van der Waals surface area contributed by atoms with Gasteiger partial charge >= 0.3 is 0 Å². The molecule has 4 rings (SSSR count). The molecule has 2 aliphatic heterocycles. The fraction of sp³-hybridized carbons (Fsp3) is 0.545. The molecular weight excluding hydrogens is 368 g/mol. The first kappa shape index (κ1) is 19.9. The van der Waals surface area contributed by atoms with Crippen LogP contribution in [0.5, 0.6) is 5.75 Å². The number of fused-ring (bicyclic) bond motifs is 2. The fourth-order valence-electron chi connectivity index (χ4n) is 4.12. The lowest BCUT2D eigenvalue weighted by molar-refractivity contribution is -0.124. The van der Waals surface area contributed by atoms with Crippen molar-refractivity contribution in [3.05, 3.63) is 47.3 Å². The second kappa shape index (κ2) is 8.97. The molecule has 1 fully saturated rings. The zero-order chi connectivity index (χ0) is 20.2. The summed E-state index contributed by atoms with van der Waals surface area (Å²) >= 11 is 0. The van der Waals surface area contributed by atoms with Gasteiger partial charge in [0.05, 0.1) is 18.3 Å². The van der Waals surface area contributed by atoms with Crippen molar-refractivity contribution < 1.29 is 14.3 Å². The third kappa shape index (κ3) is 4.79. The minimum absolute atomic E-state index is 0.000874. The number of carbonyl (C=O) groups excluding carboxylic acids is 1. The number of carbonyl (C=O) groups is 1. The topological polar surface area (TPSA) is 68.6 Å². The van der Waals surface area contributed by atoms with E-state index in [9.17, 15) is 4.79 Å². The van der Waals surface area contributed by atoms with Gasteiger partial charge < -0.3 is 14.8 Å². The van der Waals surface area contributed by atoms with Crippen molar-refractivity contribution in [3.8, 4) is 5.75 Å². The van der Waals surface area contributed by atoms with E-state index in [2.05, 4.69) is 28.3 Å². The van der Waals surface area contributed by atoms with Crippen LogP contribution >= 0.6 is 0 Å². The molecule has 1 amide bonds. The van der Waals surface area contributed by atoms with Gasteiger partial charge in [-0.05, 0) is 37.8 Å². The van der Waals surface area contributed by atoms with Crippen molar-refractivity contribution in [2.45, 2.75) is 44.9 Å². The van der Waals surface area contributed by atoms with Gasteiger partial charge in [-0.3, -0.25) is 14.4 Å². The normalized spacial score (nSPS) is 23.7. The number of ether oxygens (including phenoxy) is 2. The van der Waals surface area contributed by atoms with Crippen molar-refractivity contribution in [1.82, 2.24) is 20.0 Å². The first-order chi connectivity index (χ1) is 14.1. The van der Waals surface area contributed by atoms with Crippen LogP contribution in [-0.2, 0) is 29.5 Å². The van der Waals surface area contributed by atoms with E-state index in [1.807, 2.05) is 36.1 Å². The predicted molar refractivity (Wildman–Crippen MR) is 110 cm³/mol. The summed E-state index contributed by atoms with van der Waals surface area (Å²) in [7, 11) is 1.96. The number of para-hydroxylation sites is 1. The highest BCUT2D eigenvalue weighted by molar-refractivity contribution is 5.78. The molecule has 0 aliphatic carbocycles. The largest absolute Gasteiger partial charge is 0.483 e. The van der Waals surface area contributed by atoms with Gasteiger partial charge in [0, 0.05) is 44.5 Å². The maximum atomic E-state index is 12.5. The highest BCUT2D eigenvalue weighted by Crippen LogP contribution is 2.22. The molecule has 156 valence electrons. The van der Waals surface area contributed by atoms with E-state index in [-0.39, 0.29) is 24.7 Å². The molecule has 3 heterocycles. The summed E-state index contributed by atoms with van der Waals surface area (Å²) in [5, 5.41) is 7.47. The van der Waals surface area contributed by atoms with Crippen LogP contribution in [0, 0.1) is 6.92 Å². The van der Waals surface area contributed by atoms with Crippen molar-refractivity contribution in [1.29, 1.82) is 0 Å². The van der Waals surface area contributed by atoms with Gasteiger partial charge in [0.25, 0.3) is 5.91 Å². The number of hydrogen-bond donors (Lipinski definition) is 1. The first-order valence-electron chi connectivity index (χ1n) is 10.4. The van der Waals surface area contributed by atoms with Gasteiger partial charge in [0.2, 0.25) is 0 Å². The van der Waals surface area contributed by atoms with E-state index < -0.39 is 0 Å². The van der Waals surface area contributed by atoms with Crippen LogP contribution in [0.15, 0.2) is 30.5 Å². The summed E-state index contributed by atoms with van der Waals surface area (Å²) in [4.78, 5) is 14.9. The van der Waals surface area contributed by atoms with Gasteiger partial charge in [-0.25, -0.2) is 0 Å². The SMILES string of the molecule is Cc1c(CN2C[C@@H]3NC(=O)COc4ccccc4CCCCO[C@H]3C2)cnn1C. The van der Waals surface area contributed by atoms with Gasteiger partial charge in [-0.1, -0.05) is 18.2 Å². The van der Waals surface area contributed by atoms with E-state index in [1.54, 1.807) is 0 Å². The highest BCUT2D eigenvalue weighted by atomic mass is 16.5. The van der Waals surface area contributed by atoms with Crippen LogP contribution < -0.4 is 10.1 Å². The van der Waals surface area contributed by atoms with Crippen LogP contribution in [-0.4, -0.2) is 59.0 Å². The molecule has 0 saturated carbocycles. The number of aromatic nitrogens is 2. The number of benzene rings is 1. The van der Waals surface area contributed by atoms with E-state index >= 15 is 0 Å². The molecule has 2 aromatic rings. The van der Waals surface area contributed by atoms with E-state index in [0.29, 0.717) is 6.61 Å². The van der Waals surface area contributed by atoms with Crippen LogP contribution in [0.3, 0.4) is 0 Å². The van der Waals surface area contributed by atoms with Crippen molar-refractivity contribution in [3.63, 3.8) is 0 Å². The Bertz CT molecular complexity index is 850. The lowest BCUT2D eigenvalue weighted by Crippen LogP contribution is -2.45. The molecular formula is C22H30N4O3. The number of hydrogen-bond acceptors (Lipinski definition) is 5. The van der Waals surface area contributed by atoms with Gasteiger partial charge in [0.1, 0.15) is 5.75 Å². The maximum absolute atomic E-state index is 12.5. The Hall–Kier alpha value is -2.38. The minimum atomic E-state index is -0.0999. The lowest BCUT2D eigenvalue weighted by atomic mass is 10.1. The van der Waals surface area contributed by atoms with Crippen LogP contribution in [0.1, 0.15) is 29.7 Å². The Labute approximate surface area is 172 Å². The summed E-state index contributed by atoms with van der Waals surface area (Å²) in [5.74, 6) is 0.705. The Morgan fingerprint density at radius 3 is 2.93 bits per heavy atom. The number of amides is 1. The minimum Gasteiger partial charge on any atom is -0.483 e. The average Bonchev–Trinajstić information content (AvgIpc) is 3.24. The molecule has 2 atom stereocenters. The predicted octanol–water partition coefficient (Wildman–Crippen LogP) is 1.83. The molecule has 1 aromatic carbocycles. The number of likely N-dealkylation sites (tertiary alicyclic amines) is 1. The van der Waals surface area contributed by atoms with Crippen molar-refractivity contribution in [2.75, 3.05) is 26.3 Å². The lowest BCUT2D eigenvalue weighted by Gasteiger charge is -2.20. The number of nitrogens with one attached hydrogen (secondary N) is 1. The summed E-state index contributed by atoms with van der Waals surface area (Å²) in [5.41, 5.74) is 3.54. The second-order valence-corrected chi connectivity index (χ2v) is 8.01. The Morgan fingerprint density at radius 2 is 2.10 bits per heavy atom. The Balaban J connectivity index is 1.42. The number of nitrogens with zero attached hydrogens (tertiary/aromatic N) is 3. The zero-order valence-corrected chi connectivity index (χ0v) is 17.3. The summed E-state index contributed by atoms with van der Waals surface area (Å²) in [6, 6.07) is 7.94. The third-order valence-electron chi connectivity index (χ3n) is 5.92. The molecule has 2 aliphatic rings. The molecule has 7 heteroatoms. The van der Waals surface area contributed by atoms with E-state index in [4.69, 9.17) is 9.47 Å². The van der Waals surface area contributed by atoms with Crippen LogP contribution in [0.4, 0.5) is 0 Å². The summed E-state index contributed by atoms with van der Waals surface area (Å²) < 4.78 is 13.9. The first-order valence-corrected chi connectivity index (χ1v) is 10.4. The fourth-order valence-corrected chi connectivity index (χ4v) is 4.12. The van der Waals surface area contributed by atoms with Crippen LogP contribution in [0.2, 0.25) is 0 Å². The number of rotatable bonds is 2. The quantitative estimate of drug-likeness (QED) is 0.836. The third-order valence-corrected chi connectivity index (χ3v) is 5.92. The average molecular weight is 399 g/mol. The highest BCUT2D eigenvalue weighted by Gasteiger charge is 2.35. The molecule has 29 heavy (non-hydrogen) atoms. The summed E-state index contributed by atoms with van der Waals surface area (Å²) in [6.45, 7) is 5.21. The van der Waals surface area contributed by atoms with E-state index in [1.165, 1.54) is 11.3 Å². The molecule has 1 aromatic heterocycles. The Kier molecular flexibility index (Phi) is 6.16. The van der Waals surface area contributed by atoms with Crippen molar-refractivity contribution in [2.24, 2.45) is 7.05 Å². The van der Waals surface area contributed by atoms with E-state index in [0.717, 1.165) is 50.2 Å². The van der Waals surface area contributed by atoms with Crippen molar-refractivity contribution >= 4 is 5.91 Å². The van der Waals surface area contributed by atoms with Crippen LogP contribution in [0.25, 0.3) is 0 Å². The Morgan fingerprint density at radius 1 is 1.24 bits per heavy atom. The molecule has 0 spiro atoms. The molecule has 0 bridgehead atoms. The van der Waals surface area contributed by atoms with Gasteiger partial charge in [-0.15, -0.1) is 0 Å². The summed E-state index contributed by atoms with van der Waals surface area (Å²) in [6.07, 6.45) is 4.89. The van der Waals surface area contributed by atoms with Gasteiger partial charge in [-0.2, -0.15) is 5.10 Å². The molecule has 7 nitrogen and oxygen atoms in total. The molecule has 1 saturated heterocycles. The van der Waals surface area contributed by atoms with Gasteiger partial charge in [0.15, 0.2) is 6.61 Å². The monoisotopic (exact) mass is 398 g/mol. The standard InChI is InChI=1S/C22H30N4O3/c1-16-18(11-23-25(16)2)12-26-13-19-21(14-26)28-10-6-5-8-17-7-3-4-9-20(17)29-15-22(27)24-19/h3-4,7,9,11,19,21H,5-6,8,10,12-15H2,1-2H3,(H,24,27)/t19-,21-/m0/s1. The molecule has 0 radical (unpaired) electrons. The zero-order valence-electron chi connectivity index (χ0n) is 17.3. The second-order valence-electron chi connectivity index (χ2n) is 8.01. The maximum Gasteiger partial charge on any atom is 0.258 e. The smallest absolute Gasteiger partial charge is 0.258 e. The molecule has 0 unspecified atom stereocenters. The number of aryl methyl sites for hydroxylation is 2. The molecule has 1 N–H and O–H groups in total.